The monoisotopic (exact) mass is 400 g/mol. The summed E-state index contributed by atoms with van der Waals surface area (Å²) in [6.07, 6.45) is 8.65. The van der Waals surface area contributed by atoms with E-state index >= 15 is 0 Å². The Morgan fingerprint density at radius 3 is 2.71 bits per heavy atom. The first kappa shape index (κ1) is 18.3. The topological polar surface area (TPSA) is 78.4 Å². The molecule has 1 aliphatic heterocycles. The van der Waals surface area contributed by atoms with Crippen LogP contribution in [0.3, 0.4) is 0 Å². The molecule has 0 atom stereocenters. The lowest BCUT2D eigenvalue weighted by atomic mass is 9.97. The highest BCUT2D eigenvalue weighted by molar-refractivity contribution is 7.19. The summed E-state index contributed by atoms with van der Waals surface area (Å²) in [4.78, 5) is 26.7. The van der Waals surface area contributed by atoms with E-state index in [1.54, 1.807) is 11.3 Å². The minimum Gasteiger partial charge on any atom is -0.393 e. The molecule has 7 heteroatoms. The number of aromatic nitrogens is 2. The van der Waals surface area contributed by atoms with E-state index in [1.807, 2.05) is 4.90 Å². The summed E-state index contributed by atoms with van der Waals surface area (Å²) in [5.74, 6) is 2.40. The van der Waals surface area contributed by atoms with Crippen molar-refractivity contribution >= 4 is 33.3 Å². The molecule has 5 rings (SSSR count). The Labute approximate surface area is 169 Å². The van der Waals surface area contributed by atoms with Gasteiger partial charge in [0.1, 0.15) is 16.5 Å². The number of carbonyl (C=O) groups excluding carboxylic acids is 1. The molecule has 0 unspecified atom stereocenters. The maximum absolute atomic E-state index is 12.7. The van der Waals surface area contributed by atoms with E-state index in [0.717, 1.165) is 36.0 Å². The van der Waals surface area contributed by atoms with E-state index in [4.69, 9.17) is 9.97 Å². The molecule has 1 amide bonds. The molecule has 3 heterocycles. The zero-order chi connectivity index (χ0) is 19.1. The maximum atomic E-state index is 12.7. The summed E-state index contributed by atoms with van der Waals surface area (Å²) in [6.45, 7) is 2.22. The average molecular weight is 401 g/mol. The normalized spacial score (nSPS) is 20.4. The Kier molecular flexibility index (Phi) is 4.97. The van der Waals surface area contributed by atoms with E-state index < -0.39 is 0 Å². The lowest BCUT2D eigenvalue weighted by molar-refractivity contribution is -0.132. The number of carbonyl (C=O) groups is 1. The van der Waals surface area contributed by atoms with Crippen LogP contribution in [0.4, 0.5) is 5.82 Å². The number of piperidine rings is 1. The van der Waals surface area contributed by atoms with Gasteiger partial charge in [0.05, 0.1) is 17.9 Å². The summed E-state index contributed by atoms with van der Waals surface area (Å²) in [7, 11) is 0. The van der Waals surface area contributed by atoms with Crippen LogP contribution in [0.1, 0.15) is 54.8 Å². The van der Waals surface area contributed by atoms with Crippen LogP contribution in [-0.2, 0) is 24.1 Å². The first-order valence-corrected chi connectivity index (χ1v) is 11.5. The largest absolute Gasteiger partial charge is 0.393 e. The Morgan fingerprint density at radius 1 is 1.14 bits per heavy atom. The third-order valence-corrected chi connectivity index (χ3v) is 7.43. The number of anilines is 1. The third-order valence-electron chi connectivity index (χ3n) is 6.24. The maximum Gasteiger partial charge on any atom is 0.230 e. The molecule has 2 fully saturated rings. The number of amides is 1. The highest BCUT2D eigenvalue weighted by atomic mass is 32.1. The lowest BCUT2D eigenvalue weighted by Gasteiger charge is -2.29. The molecule has 6 nitrogen and oxygen atoms in total. The van der Waals surface area contributed by atoms with E-state index in [9.17, 15) is 9.90 Å². The van der Waals surface area contributed by atoms with Gasteiger partial charge in [0.2, 0.25) is 5.91 Å². The molecular formula is C21H28N4O2S. The van der Waals surface area contributed by atoms with E-state index in [0.29, 0.717) is 31.8 Å². The second-order valence-electron chi connectivity index (χ2n) is 8.49. The van der Waals surface area contributed by atoms with Crippen LogP contribution in [0.15, 0.2) is 0 Å². The third kappa shape index (κ3) is 3.74. The fourth-order valence-corrected chi connectivity index (χ4v) is 5.61. The number of hydrogen-bond donors (Lipinski definition) is 2. The van der Waals surface area contributed by atoms with Gasteiger partial charge in [-0.2, -0.15) is 0 Å². The van der Waals surface area contributed by atoms with Crippen LogP contribution in [-0.4, -0.2) is 51.6 Å². The molecule has 2 aliphatic carbocycles. The summed E-state index contributed by atoms with van der Waals surface area (Å²) in [5.41, 5.74) is 1.44. The smallest absolute Gasteiger partial charge is 0.230 e. The Balaban J connectivity index is 1.42. The quantitative estimate of drug-likeness (QED) is 0.807. The fraction of sp³-hybridized carbons (Fsp3) is 0.667. The predicted molar refractivity (Wildman–Crippen MR) is 111 cm³/mol. The minimum absolute atomic E-state index is 0.0701. The molecule has 0 bridgehead atoms. The van der Waals surface area contributed by atoms with Crippen molar-refractivity contribution in [1.29, 1.82) is 0 Å². The standard InChI is InChI=1S/C21H28N4O2S/c26-14-7-9-25(10-8-14)18(27)11-17-23-20(22-12-13-5-6-13)19-15-3-1-2-4-16(15)28-21(19)24-17/h13-14,26H,1-12H2,(H,22,23,24). The molecule has 3 aliphatic rings. The zero-order valence-electron chi connectivity index (χ0n) is 16.2. The summed E-state index contributed by atoms with van der Waals surface area (Å²) < 4.78 is 0. The van der Waals surface area contributed by atoms with Crippen LogP contribution < -0.4 is 5.32 Å². The van der Waals surface area contributed by atoms with Crippen molar-refractivity contribution in [3.8, 4) is 0 Å². The van der Waals surface area contributed by atoms with Gasteiger partial charge in [0.25, 0.3) is 0 Å². The lowest BCUT2D eigenvalue weighted by Crippen LogP contribution is -2.41. The summed E-state index contributed by atoms with van der Waals surface area (Å²) in [6, 6.07) is 0. The van der Waals surface area contributed by atoms with Crippen LogP contribution in [0.5, 0.6) is 0 Å². The van der Waals surface area contributed by atoms with Crippen LogP contribution in [0, 0.1) is 5.92 Å². The molecular weight excluding hydrogens is 372 g/mol. The van der Waals surface area contributed by atoms with Gasteiger partial charge in [-0.05, 0) is 62.8 Å². The van der Waals surface area contributed by atoms with Crippen LogP contribution in [0.2, 0.25) is 0 Å². The van der Waals surface area contributed by atoms with Gasteiger partial charge in [0.15, 0.2) is 0 Å². The van der Waals surface area contributed by atoms with E-state index in [2.05, 4.69) is 5.32 Å². The number of fused-ring (bicyclic) bond motifs is 3. The van der Waals surface area contributed by atoms with Crippen LogP contribution >= 0.6 is 11.3 Å². The highest BCUT2D eigenvalue weighted by Gasteiger charge is 2.26. The van der Waals surface area contributed by atoms with Crippen LogP contribution in [0.25, 0.3) is 10.2 Å². The second-order valence-corrected chi connectivity index (χ2v) is 9.58. The predicted octanol–water partition coefficient (Wildman–Crippen LogP) is 2.92. The first-order valence-electron chi connectivity index (χ1n) is 10.7. The minimum atomic E-state index is -0.271. The molecule has 0 spiro atoms. The van der Waals surface area contributed by atoms with Crippen molar-refractivity contribution in [3.05, 3.63) is 16.3 Å². The molecule has 2 aromatic heterocycles. The molecule has 150 valence electrons. The second kappa shape index (κ2) is 7.59. The van der Waals surface area contributed by atoms with Gasteiger partial charge >= 0.3 is 0 Å². The number of likely N-dealkylation sites (tertiary alicyclic amines) is 1. The molecule has 1 saturated carbocycles. The van der Waals surface area contributed by atoms with Gasteiger partial charge in [-0.1, -0.05) is 0 Å². The number of nitrogens with zero attached hydrogens (tertiary/aromatic N) is 3. The summed E-state index contributed by atoms with van der Waals surface area (Å²) >= 11 is 1.79. The number of nitrogens with one attached hydrogen (secondary N) is 1. The number of aliphatic hydroxyl groups excluding tert-OH is 1. The molecule has 0 aromatic carbocycles. The Hall–Kier alpha value is -1.73. The van der Waals surface area contributed by atoms with Gasteiger partial charge in [0, 0.05) is 24.5 Å². The molecule has 2 aromatic rings. The van der Waals surface area contributed by atoms with Gasteiger partial charge in [-0.3, -0.25) is 4.79 Å². The first-order chi connectivity index (χ1) is 13.7. The Morgan fingerprint density at radius 2 is 1.93 bits per heavy atom. The van der Waals surface area contributed by atoms with Crippen molar-refractivity contribution < 1.29 is 9.90 Å². The number of aliphatic hydroxyl groups is 1. The van der Waals surface area contributed by atoms with Gasteiger partial charge < -0.3 is 15.3 Å². The van der Waals surface area contributed by atoms with Crippen molar-refractivity contribution in [2.75, 3.05) is 25.0 Å². The number of rotatable bonds is 5. The molecule has 0 radical (unpaired) electrons. The van der Waals surface area contributed by atoms with Crippen molar-refractivity contribution in [2.45, 2.75) is 63.9 Å². The SMILES string of the molecule is O=C(Cc1nc(NCC2CC2)c2c3c(sc2n1)CCCC3)N1CCC(O)CC1. The van der Waals surface area contributed by atoms with Crippen molar-refractivity contribution in [1.82, 2.24) is 14.9 Å². The summed E-state index contributed by atoms with van der Waals surface area (Å²) in [5, 5.41) is 14.5. The van der Waals surface area contributed by atoms with Crippen molar-refractivity contribution in [3.63, 3.8) is 0 Å². The van der Waals surface area contributed by atoms with Crippen molar-refractivity contribution in [2.24, 2.45) is 5.92 Å². The molecule has 2 N–H and O–H groups in total. The fourth-order valence-electron chi connectivity index (χ4n) is 4.33. The number of aryl methyl sites for hydroxylation is 2. The van der Waals surface area contributed by atoms with E-state index in [1.165, 1.54) is 41.5 Å². The molecule has 1 saturated heterocycles. The number of thiophene rings is 1. The van der Waals surface area contributed by atoms with Gasteiger partial charge in [-0.15, -0.1) is 11.3 Å². The number of hydrogen-bond acceptors (Lipinski definition) is 6. The van der Waals surface area contributed by atoms with Gasteiger partial charge in [-0.25, -0.2) is 9.97 Å². The Bertz CT molecular complexity index is 884. The molecule has 28 heavy (non-hydrogen) atoms. The van der Waals surface area contributed by atoms with E-state index in [-0.39, 0.29) is 18.4 Å². The average Bonchev–Trinajstić information content (AvgIpc) is 3.45. The zero-order valence-corrected chi connectivity index (χ0v) is 17.1. The highest BCUT2D eigenvalue weighted by Crippen LogP contribution is 2.39.